The lowest BCUT2D eigenvalue weighted by atomic mass is 10.1. The first kappa shape index (κ1) is 12.9. The molecule has 0 bridgehead atoms. The zero-order chi connectivity index (χ0) is 10.3. The van der Waals surface area contributed by atoms with Gasteiger partial charge >= 0.3 is 0 Å². The lowest BCUT2D eigenvalue weighted by molar-refractivity contribution is 0.143. The Hall–Kier alpha value is -0.120. The van der Waals surface area contributed by atoms with Gasteiger partial charge in [-0.2, -0.15) is 0 Å². The maximum atomic E-state index is 5.98. The van der Waals surface area contributed by atoms with Crippen LogP contribution in [0.1, 0.15) is 20.8 Å². The zero-order valence-electron chi connectivity index (χ0n) is 9.42. The molecule has 0 aromatic carbocycles. The highest BCUT2D eigenvalue weighted by Gasteiger charge is 2.11. The minimum atomic E-state index is 0.275. The first-order valence-electron chi connectivity index (χ1n) is 5.08. The van der Waals surface area contributed by atoms with Crippen molar-refractivity contribution in [1.82, 2.24) is 4.90 Å². The lowest BCUT2D eigenvalue weighted by Crippen LogP contribution is -2.41. The van der Waals surface area contributed by atoms with Gasteiger partial charge in [-0.1, -0.05) is 20.8 Å². The van der Waals surface area contributed by atoms with Crippen LogP contribution in [0.25, 0.3) is 0 Å². The Bertz CT molecular complexity index is 117. The first-order chi connectivity index (χ1) is 6.11. The van der Waals surface area contributed by atoms with E-state index in [0.717, 1.165) is 26.2 Å². The van der Waals surface area contributed by atoms with Crippen LogP contribution in [0, 0.1) is 5.92 Å². The van der Waals surface area contributed by atoms with Crippen LogP contribution < -0.4 is 5.73 Å². The lowest BCUT2D eigenvalue weighted by Gasteiger charge is -2.25. The van der Waals surface area contributed by atoms with Crippen molar-refractivity contribution in [2.75, 3.05) is 33.4 Å². The first-order valence-corrected chi connectivity index (χ1v) is 5.08. The van der Waals surface area contributed by atoms with Crippen LogP contribution in [0.5, 0.6) is 0 Å². The van der Waals surface area contributed by atoms with Crippen LogP contribution in [0.4, 0.5) is 0 Å². The van der Waals surface area contributed by atoms with Crippen molar-refractivity contribution >= 4 is 0 Å². The van der Waals surface area contributed by atoms with Crippen molar-refractivity contribution in [2.24, 2.45) is 11.7 Å². The standard InChI is InChI=1S/C10H24N2O/c1-5-12(6-7-13-4)8-10(11)9(2)3/h9-10H,5-8,11H2,1-4H3. The fourth-order valence-electron chi connectivity index (χ4n) is 1.11. The summed E-state index contributed by atoms with van der Waals surface area (Å²) in [6.07, 6.45) is 0. The molecule has 1 atom stereocenters. The molecule has 0 aliphatic carbocycles. The fourth-order valence-corrected chi connectivity index (χ4v) is 1.11. The third-order valence-corrected chi connectivity index (χ3v) is 2.38. The number of nitrogens with two attached hydrogens (primary N) is 1. The predicted octanol–water partition coefficient (Wildman–Crippen LogP) is 0.938. The van der Waals surface area contributed by atoms with Crippen LogP contribution in [0.3, 0.4) is 0 Å². The molecule has 80 valence electrons. The molecule has 0 saturated carbocycles. The van der Waals surface area contributed by atoms with Gasteiger partial charge < -0.3 is 10.5 Å². The smallest absolute Gasteiger partial charge is 0.0589 e. The second-order valence-corrected chi connectivity index (χ2v) is 3.79. The van der Waals surface area contributed by atoms with Gasteiger partial charge in [0.2, 0.25) is 0 Å². The van der Waals surface area contributed by atoms with Gasteiger partial charge in [0.05, 0.1) is 6.61 Å². The molecule has 3 nitrogen and oxygen atoms in total. The summed E-state index contributed by atoms with van der Waals surface area (Å²) in [4.78, 5) is 2.33. The summed E-state index contributed by atoms with van der Waals surface area (Å²) >= 11 is 0. The Morgan fingerprint density at radius 3 is 2.38 bits per heavy atom. The monoisotopic (exact) mass is 188 g/mol. The van der Waals surface area contributed by atoms with Crippen LogP contribution >= 0.6 is 0 Å². The number of methoxy groups -OCH3 is 1. The number of hydrogen-bond donors (Lipinski definition) is 1. The summed E-state index contributed by atoms with van der Waals surface area (Å²) < 4.78 is 5.03. The maximum absolute atomic E-state index is 5.98. The Balaban J connectivity index is 3.69. The van der Waals surface area contributed by atoms with Crippen molar-refractivity contribution < 1.29 is 4.74 Å². The molecule has 0 spiro atoms. The molecule has 0 saturated heterocycles. The molecule has 1 unspecified atom stereocenters. The SMILES string of the molecule is CCN(CCOC)CC(N)C(C)C. The summed E-state index contributed by atoms with van der Waals surface area (Å²) in [5.41, 5.74) is 5.98. The van der Waals surface area contributed by atoms with Crippen molar-refractivity contribution in [3.05, 3.63) is 0 Å². The normalized spacial score (nSPS) is 14.1. The van der Waals surface area contributed by atoms with Gasteiger partial charge in [0.25, 0.3) is 0 Å². The van der Waals surface area contributed by atoms with Gasteiger partial charge in [-0.15, -0.1) is 0 Å². The molecule has 0 aromatic rings. The van der Waals surface area contributed by atoms with Crippen molar-refractivity contribution in [1.29, 1.82) is 0 Å². The number of nitrogens with zero attached hydrogens (tertiary/aromatic N) is 1. The van der Waals surface area contributed by atoms with Crippen molar-refractivity contribution in [3.63, 3.8) is 0 Å². The highest BCUT2D eigenvalue weighted by molar-refractivity contribution is 4.70. The molecule has 0 amide bonds. The molecule has 3 heteroatoms. The van der Waals surface area contributed by atoms with E-state index in [-0.39, 0.29) is 6.04 Å². The minimum absolute atomic E-state index is 0.275. The molecule has 0 rings (SSSR count). The zero-order valence-corrected chi connectivity index (χ0v) is 9.42. The average Bonchev–Trinajstić information content (AvgIpc) is 2.11. The van der Waals surface area contributed by atoms with Crippen molar-refractivity contribution in [2.45, 2.75) is 26.8 Å². The number of ether oxygens (including phenoxy) is 1. The van der Waals surface area contributed by atoms with E-state index in [1.165, 1.54) is 0 Å². The molecule has 13 heavy (non-hydrogen) atoms. The molecule has 0 fully saturated rings. The third kappa shape index (κ3) is 6.02. The highest BCUT2D eigenvalue weighted by Crippen LogP contribution is 2.01. The van der Waals surface area contributed by atoms with E-state index in [1.54, 1.807) is 7.11 Å². The van der Waals surface area contributed by atoms with Crippen LogP contribution in [0.2, 0.25) is 0 Å². The van der Waals surface area contributed by atoms with Crippen LogP contribution in [0.15, 0.2) is 0 Å². The Morgan fingerprint density at radius 2 is 2.00 bits per heavy atom. The van der Waals surface area contributed by atoms with Crippen molar-refractivity contribution in [3.8, 4) is 0 Å². The molecule has 0 heterocycles. The molecule has 0 aliphatic rings. The summed E-state index contributed by atoms with van der Waals surface area (Å²) in [6, 6.07) is 0.275. The van der Waals surface area contributed by atoms with E-state index in [9.17, 15) is 0 Å². The third-order valence-electron chi connectivity index (χ3n) is 2.38. The van der Waals surface area contributed by atoms with Gasteiger partial charge in [0.15, 0.2) is 0 Å². The second-order valence-electron chi connectivity index (χ2n) is 3.79. The highest BCUT2D eigenvalue weighted by atomic mass is 16.5. The van der Waals surface area contributed by atoms with E-state index in [2.05, 4.69) is 25.7 Å². The van der Waals surface area contributed by atoms with Gasteiger partial charge in [0, 0.05) is 26.2 Å². The Labute approximate surface area is 82.2 Å². The average molecular weight is 188 g/mol. The fraction of sp³-hybridized carbons (Fsp3) is 1.00. The van der Waals surface area contributed by atoms with Gasteiger partial charge in [-0.05, 0) is 12.5 Å². The maximum Gasteiger partial charge on any atom is 0.0589 e. The van der Waals surface area contributed by atoms with E-state index in [1.807, 2.05) is 0 Å². The second kappa shape index (κ2) is 7.30. The predicted molar refractivity (Wildman–Crippen MR) is 56.8 cm³/mol. The number of rotatable bonds is 7. The summed E-state index contributed by atoms with van der Waals surface area (Å²) in [5, 5.41) is 0. The minimum Gasteiger partial charge on any atom is -0.383 e. The topological polar surface area (TPSA) is 38.5 Å². The molecule has 0 radical (unpaired) electrons. The van der Waals surface area contributed by atoms with E-state index in [0.29, 0.717) is 5.92 Å². The summed E-state index contributed by atoms with van der Waals surface area (Å²) in [5.74, 6) is 0.552. The van der Waals surface area contributed by atoms with Gasteiger partial charge in [-0.25, -0.2) is 0 Å². The molecular formula is C10H24N2O. The number of likely N-dealkylation sites (N-methyl/N-ethyl adjacent to an activating group) is 1. The van der Waals surface area contributed by atoms with Gasteiger partial charge in [-0.3, -0.25) is 4.90 Å². The van der Waals surface area contributed by atoms with Gasteiger partial charge in [0.1, 0.15) is 0 Å². The molecule has 0 aliphatic heterocycles. The van der Waals surface area contributed by atoms with Crippen LogP contribution in [-0.4, -0.2) is 44.3 Å². The Kier molecular flexibility index (Phi) is 7.23. The summed E-state index contributed by atoms with van der Waals surface area (Å²) in [6.45, 7) is 10.3. The molecule has 2 N–H and O–H groups in total. The molecular weight excluding hydrogens is 164 g/mol. The van der Waals surface area contributed by atoms with E-state index >= 15 is 0 Å². The van der Waals surface area contributed by atoms with E-state index < -0.39 is 0 Å². The number of hydrogen-bond acceptors (Lipinski definition) is 3. The molecule has 0 aromatic heterocycles. The largest absolute Gasteiger partial charge is 0.383 e. The summed E-state index contributed by atoms with van der Waals surface area (Å²) in [7, 11) is 1.73. The Morgan fingerprint density at radius 1 is 1.38 bits per heavy atom. The van der Waals surface area contributed by atoms with E-state index in [4.69, 9.17) is 10.5 Å². The van der Waals surface area contributed by atoms with Crippen LogP contribution in [-0.2, 0) is 4.74 Å². The quantitative estimate of drug-likeness (QED) is 0.646.